The van der Waals surface area contributed by atoms with Crippen LogP contribution in [0.25, 0.3) is 0 Å². The third-order valence-electron chi connectivity index (χ3n) is 2.87. The fourth-order valence-corrected chi connectivity index (χ4v) is 1.85. The molecule has 106 valence electrons. The molecule has 1 heterocycles. The first kappa shape index (κ1) is 13.9. The lowest BCUT2D eigenvalue weighted by atomic mass is 10.1. The molecule has 20 heavy (non-hydrogen) atoms. The average Bonchev–Trinajstić information content (AvgIpc) is 2.93. The van der Waals surface area contributed by atoms with Gasteiger partial charge < -0.3 is 14.8 Å². The van der Waals surface area contributed by atoms with Gasteiger partial charge in [0.15, 0.2) is 11.5 Å². The van der Waals surface area contributed by atoms with E-state index in [9.17, 15) is 4.79 Å². The molecule has 1 amide bonds. The highest BCUT2D eigenvalue weighted by atomic mass is 16.5. The molecule has 0 spiro atoms. The van der Waals surface area contributed by atoms with Crippen molar-refractivity contribution in [1.82, 2.24) is 9.78 Å². The second-order valence-corrected chi connectivity index (χ2v) is 4.27. The number of ether oxygens (including phenoxy) is 2. The van der Waals surface area contributed by atoms with Crippen LogP contribution < -0.4 is 14.8 Å². The number of methoxy groups -OCH3 is 2. The zero-order valence-corrected chi connectivity index (χ0v) is 11.7. The number of amides is 1. The van der Waals surface area contributed by atoms with E-state index in [1.54, 1.807) is 43.4 Å². The third-order valence-corrected chi connectivity index (χ3v) is 2.87. The summed E-state index contributed by atoms with van der Waals surface area (Å²) in [7, 11) is 3.13. The molecule has 0 radical (unpaired) electrons. The van der Waals surface area contributed by atoms with E-state index < -0.39 is 0 Å². The Labute approximate surface area is 117 Å². The van der Waals surface area contributed by atoms with Crippen LogP contribution in [0.3, 0.4) is 0 Å². The first-order chi connectivity index (χ1) is 9.63. The van der Waals surface area contributed by atoms with Gasteiger partial charge in [0, 0.05) is 24.1 Å². The van der Waals surface area contributed by atoms with Crippen molar-refractivity contribution >= 4 is 11.6 Å². The molecule has 0 saturated carbocycles. The molecule has 2 rings (SSSR count). The molecule has 1 N–H and O–H groups in total. The van der Waals surface area contributed by atoms with Crippen LogP contribution in [0.4, 0.5) is 5.69 Å². The number of hydrogen-bond donors (Lipinski definition) is 1. The predicted octanol–water partition coefficient (Wildman–Crippen LogP) is 1.85. The van der Waals surface area contributed by atoms with Crippen LogP contribution in [0.2, 0.25) is 0 Å². The normalized spacial score (nSPS) is 10.2. The first-order valence-electron chi connectivity index (χ1n) is 6.14. The van der Waals surface area contributed by atoms with Crippen LogP contribution in [0.1, 0.15) is 5.56 Å². The maximum absolute atomic E-state index is 11.9. The minimum Gasteiger partial charge on any atom is -0.493 e. The Morgan fingerprint density at radius 1 is 1.30 bits per heavy atom. The van der Waals surface area contributed by atoms with Gasteiger partial charge in [-0.3, -0.25) is 9.48 Å². The van der Waals surface area contributed by atoms with E-state index in [0.29, 0.717) is 17.2 Å². The number of carbonyl (C=O) groups excluding carboxylic acids is 1. The predicted molar refractivity (Wildman–Crippen MR) is 75.1 cm³/mol. The van der Waals surface area contributed by atoms with Crippen molar-refractivity contribution in [3.63, 3.8) is 0 Å². The van der Waals surface area contributed by atoms with Crippen LogP contribution in [0.5, 0.6) is 11.5 Å². The summed E-state index contributed by atoms with van der Waals surface area (Å²) in [5.74, 6) is 1.06. The van der Waals surface area contributed by atoms with Gasteiger partial charge in [-0.1, -0.05) is 0 Å². The van der Waals surface area contributed by atoms with Crippen LogP contribution in [0, 0.1) is 6.92 Å². The Hall–Kier alpha value is -2.50. The number of nitrogens with one attached hydrogen (secondary N) is 1. The summed E-state index contributed by atoms with van der Waals surface area (Å²) in [6, 6.07) is 5.34. The van der Waals surface area contributed by atoms with Crippen molar-refractivity contribution in [2.24, 2.45) is 0 Å². The molecule has 1 aromatic carbocycles. The minimum absolute atomic E-state index is 0.149. The van der Waals surface area contributed by atoms with E-state index in [1.807, 2.05) is 13.0 Å². The van der Waals surface area contributed by atoms with Crippen molar-refractivity contribution in [3.8, 4) is 11.5 Å². The zero-order valence-electron chi connectivity index (χ0n) is 11.7. The molecule has 0 unspecified atom stereocenters. The lowest BCUT2D eigenvalue weighted by molar-refractivity contribution is -0.116. The number of carbonyl (C=O) groups is 1. The van der Waals surface area contributed by atoms with E-state index in [4.69, 9.17) is 9.47 Å². The summed E-state index contributed by atoms with van der Waals surface area (Å²) in [6.07, 6.45) is 3.37. The molecule has 2 aromatic rings. The molecule has 6 nitrogen and oxygen atoms in total. The summed E-state index contributed by atoms with van der Waals surface area (Å²) in [4.78, 5) is 11.9. The van der Waals surface area contributed by atoms with E-state index in [-0.39, 0.29) is 12.5 Å². The summed E-state index contributed by atoms with van der Waals surface area (Å²) >= 11 is 0. The van der Waals surface area contributed by atoms with Gasteiger partial charge in [0.2, 0.25) is 5.91 Å². The smallest absolute Gasteiger partial charge is 0.246 e. The summed E-state index contributed by atoms with van der Waals surface area (Å²) in [6.45, 7) is 2.06. The second kappa shape index (κ2) is 6.10. The van der Waals surface area contributed by atoms with Crippen molar-refractivity contribution in [3.05, 3.63) is 36.2 Å². The molecule has 0 aliphatic heterocycles. The van der Waals surface area contributed by atoms with Gasteiger partial charge in [0.05, 0.1) is 14.2 Å². The SMILES string of the molecule is COc1cc(C)c(NC(=O)Cn2cccn2)cc1OC. The number of aryl methyl sites for hydroxylation is 1. The molecule has 0 saturated heterocycles. The molecule has 0 atom stereocenters. The maximum Gasteiger partial charge on any atom is 0.246 e. The van der Waals surface area contributed by atoms with E-state index in [0.717, 1.165) is 5.56 Å². The van der Waals surface area contributed by atoms with E-state index >= 15 is 0 Å². The van der Waals surface area contributed by atoms with Crippen LogP contribution >= 0.6 is 0 Å². The van der Waals surface area contributed by atoms with Gasteiger partial charge >= 0.3 is 0 Å². The zero-order chi connectivity index (χ0) is 14.5. The molecular formula is C14H17N3O3. The van der Waals surface area contributed by atoms with Crippen molar-refractivity contribution in [1.29, 1.82) is 0 Å². The largest absolute Gasteiger partial charge is 0.493 e. The van der Waals surface area contributed by atoms with E-state index in [1.165, 1.54) is 0 Å². The second-order valence-electron chi connectivity index (χ2n) is 4.27. The number of hydrogen-bond acceptors (Lipinski definition) is 4. The third kappa shape index (κ3) is 3.09. The number of aromatic nitrogens is 2. The lowest BCUT2D eigenvalue weighted by Crippen LogP contribution is -2.19. The molecule has 0 aliphatic rings. The van der Waals surface area contributed by atoms with Crippen molar-refractivity contribution in [2.75, 3.05) is 19.5 Å². The van der Waals surface area contributed by atoms with E-state index in [2.05, 4.69) is 10.4 Å². The Morgan fingerprint density at radius 2 is 2.00 bits per heavy atom. The molecule has 0 aliphatic carbocycles. The standard InChI is InChI=1S/C14H17N3O3/c1-10-7-12(19-2)13(20-3)8-11(10)16-14(18)9-17-6-4-5-15-17/h4-8H,9H2,1-3H3,(H,16,18). The average molecular weight is 275 g/mol. The van der Waals surface area contributed by atoms with Crippen LogP contribution in [-0.2, 0) is 11.3 Å². The Balaban J connectivity index is 2.14. The minimum atomic E-state index is -0.149. The van der Waals surface area contributed by atoms with Crippen LogP contribution in [0.15, 0.2) is 30.6 Å². The summed E-state index contributed by atoms with van der Waals surface area (Å²) in [5, 5.41) is 6.83. The van der Waals surface area contributed by atoms with Gasteiger partial charge in [-0.15, -0.1) is 0 Å². The quantitative estimate of drug-likeness (QED) is 0.904. The number of nitrogens with zero attached hydrogens (tertiary/aromatic N) is 2. The summed E-state index contributed by atoms with van der Waals surface area (Å²) in [5.41, 5.74) is 1.59. The number of rotatable bonds is 5. The Kier molecular flexibility index (Phi) is 4.24. The Bertz CT molecular complexity index is 594. The number of anilines is 1. The number of benzene rings is 1. The maximum atomic E-state index is 11.9. The molecule has 1 aromatic heterocycles. The van der Waals surface area contributed by atoms with Gasteiger partial charge in [0.1, 0.15) is 6.54 Å². The monoisotopic (exact) mass is 275 g/mol. The highest BCUT2D eigenvalue weighted by Gasteiger charge is 2.11. The van der Waals surface area contributed by atoms with Crippen LogP contribution in [-0.4, -0.2) is 29.9 Å². The van der Waals surface area contributed by atoms with Gasteiger partial charge in [-0.05, 0) is 24.6 Å². The molecule has 6 heteroatoms. The summed E-state index contributed by atoms with van der Waals surface area (Å²) < 4.78 is 12.0. The Morgan fingerprint density at radius 3 is 2.60 bits per heavy atom. The highest BCUT2D eigenvalue weighted by Crippen LogP contribution is 2.32. The lowest BCUT2D eigenvalue weighted by Gasteiger charge is -2.13. The highest BCUT2D eigenvalue weighted by molar-refractivity contribution is 5.91. The fraction of sp³-hybridized carbons (Fsp3) is 0.286. The van der Waals surface area contributed by atoms with Crippen molar-refractivity contribution in [2.45, 2.75) is 13.5 Å². The van der Waals surface area contributed by atoms with Gasteiger partial charge in [0.25, 0.3) is 0 Å². The first-order valence-corrected chi connectivity index (χ1v) is 6.14. The van der Waals surface area contributed by atoms with Crippen molar-refractivity contribution < 1.29 is 14.3 Å². The van der Waals surface area contributed by atoms with Gasteiger partial charge in [-0.2, -0.15) is 5.10 Å². The molecular weight excluding hydrogens is 258 g/mol. The molecule has 0 bridgehead atoms. The topological polar surface area (TPSA) is 65.4 Å². The molecule has 0 fully saturated rings. The van der Waals surface area contributed by atoms with Gasteiger partial charge in [-0.25, -0.2) is 0 Å². The fourth-order valence-electron chi connectivity index (χ4n) is 1.85.